The van der Waals surface area contributed by atoms with Gasteiger partial charge in [0.1, 0.15) is 0 Å². The van der Waals surface area contributed by atoms with Crippen LogP contribution < -0.4 is 5.73 Å². The Morgan fingerprint density at radius 2 is 1.86 bits per heavy atom. The molecule has 0 aromatic heterocycles. The zero-order chi connectivity index (χ0) is 10.4. The summed E-state index contributed by atoms with van der Waals surface area (Å²) in [6, 6.07) is 8.90. The van der Waals surface area contributed by atoms with Crippen molar-refractivity contribution in [3.8, 4) is 0 Å². The Morgan fingerprint density at radius 1 is 1.21 bits per heavy atom. The van der Waals surface area contributed by atoms with Gasteiger partial charge in [-0.1, -0.05) is 34.5 Å². The highest BCUT2D eigenvalue weighted by Crippen LogP contribution is 2.13. The van der Waals surface area contributed by atoms with E-state index >= 15 is 0 Å². The molecular formula is C12H18BrN. The lowest BCUT2D eigenvalue weighted by Gasteiger charge is -2.04. The van der Waals surface area contributed by atoms with Gasteiger partial charge in [0.25, 0.3) is 0 Å². The SMILES string of the molecule is C[C@H](N)CCCCc1ccc(Br)cc1. The Morgan fingerprint density at radius 3 is 2.43 bits per heavy atom. The topological polar surface area (TPSA) is 26.0 Å². The van der Waals surface area contributed by atoms with Gasteiger partial charge in [-0.15, -0.1) is 0 Å². The van der Waals surface area contributed by atoms with Crippen molar-refractivity contribution in [3.05, 3.63) is 34.3 Å². The predicted molar refractivity (Wildman–Crippen MR) is 65.3 cm³/mol. The Labute approximate surface area is 94.8 Å². The van der Waals surface area contributed by atoms with Crippen LogP contribution in [0.15, 0.2) is 28.7 Å². The van der Waals surface area contributed by atoms with E-state index in [2.05, 4.69) is 47.1 Å². The highest BCUT2D eigenvalue weighted by Gasteiger charge is 1.96. The molecule has 0 unspecified atom stereocenters. The molecule has 14 heavy (non-hydrogen) atoms. The first-order chi connectivity index (χ1) is 6.68. The van der Waals surface area contributed by atoms with Crippen molar-refractivity contribution < 1.29 is 0 Å². The second-order valence-electron chi connectivity index (χ2n) is 3.85. The third-order valence-electron chi connectivity index (χ3n) is 2.29. The molecule has 1 nitrogen and oxygen atoms in total. The summed E-state index contributed by atoms with van der Waals surface area (Å²) in [6.07, 6.45) is 4.77. The third-order valence-corrected chi connectivity index (χ3v) is 2.82. The van der Waals surface area contributed by atoms with E-state index in [4.69, 9.17) is 5.73 Å². The second kappa shape index (κ2) is 6.20. The molecule has 1 aromatic carbocycles. The largest absolute Gasteiger partial charge is 0.328 e. The average molecular weight is 256 g/mol. The van der Waals surface area contributed by atoms with Crippen LogP contribution in [0.25, 0.3) is 0 Å². The summed E-state index contributed by atoms with van der Waals surface area (Å²) in [5.41, 5.74) is 7.10. The predicted octanol–water partition coefficient (Wildman–Crippen LogP) is 3.51. The van der Waals surface area contributed by atoms with E-state index < -0.39 is 0 Å². The zero-order valence-corrected chi connectivity index (χ0v) is 10.3. The number of benzene rings is 1. The molecule has 1 aromatic rings. The van der Waals surface area contributed by atoms with Gasteiger partial charge in [0, 0.05) is 10.5 Å². The smallest absolute Gasteiger partial charge is 0.0175 e. The van der Waals surface area contributed by atoms with E-state index in [0.29, 0.717) is 6.04 Å². The van der Waals surface area contributed by atoms with E-state index in [0.717, 1.165) is 10.9 Å². The molecule has 0 spiro atoms. The molecule has 0 bridgehead atoms. The number of hydrogen-bond donors (Lipinski definition) is 1. The molecule has 0 saturated carbocycles. The molecule has 1 rings (SSSR count). The average Bonchev–Trinajstić information content (AvgIpc) is 2.15. The van der Waals surface area contributed by atoms with E-state index in [9.17, 15) is 0 Å². The maximum Gasteiger partial charge on any atom is 0.0175 e. The van der Waals surface area contributed by atoms with E-state index in [-0.39, 0.29) is 0 Å². The van der Waals surface area contributed by atoms with Gasteiger partial charge in [-0.05, 0) is 43.9 Å². The summed E-state index contributed by atoms with van der Waals surface area (Å²) in [7, 11) is 0. The van der Waals surface area contributed by atoms with Crippen LogP contribution in [-0.2, 0) is 6.42 Å². The maximum atomic E-state index is 5.69. The first-order valence-electron chi connectivity index (χ1n) is 5.18. The van der Waals surface area contributed by atoms with Gasteiger partial charge in [0.15, 0.2) is 0 Å². The van der Waals surface area contributed by atoms with Gasteiger partial charge in [0.2, 0.25) is 0 Å². The van der Waals surface area contributed by atoms with Gasteiger partial charge in [-0.2, -0.15) is 0 Å². The van der Waals surface area contributed by atoms with Crippen LogP contribution in [0, 0.1) is 0 Å². The number of nitrogens with two attached hydrogens (primary N) is 1. The zero-order valence-electron chi connectivity index (χ0n) is 8.67. The molecule has 0 aliphatic carbocycles. The first-order valence-corrected chi connectivity index (χ1v) is 5.98. The molecule has 0 heterocycles. The van der Waals surface area contributed by atoms with Gasteiger partial charge >= 0.3 is 0 Å². The summed E-state index contributed by atoms with van der Waals surface area (Å²) >= 11 is 3.43. The van der Waals surface area contributed by atoms with Crippen LogP contribution >= 0.6 is 15.9 Å². The molecular weight excluding hydrogens is 238 g/mol. The van der Waals surface area contributed by atoms with Crippen LogP contribution in [0.2, 0.25) is 0 Å². The lowest BCUT2D eigenvalue weighted by Crippen LogP contribution is -2.14. The van der Waals surface area contributed by atoms with Crippen molar-refractivity contribution >= 4 is 15.9 Å². The van der Waals surface area contributed by atoms with Crippen molar-refractivity contribution in [1.82, 2.24) is 0 Å². The van der Waals surface area contributed by atoms with Crippen molar-refractivity contribution in [3.63, 3.8) is 0 Å². The van der Waals surface area contributed by atoms with Crippen LogP contribution in [0.3, 0.4) is 0 Å². The third kappa shape index (κ3) is 4.77. The van der Waals surface area contributed by atoms with Crippen molar-refractivity contribution in [2.45, 2.75) is 38.6 Å². The maximum absolute atomic E-state index is 5.69. The van der Waals surface area contributed by atoms with Crippen molar-refractivity contribution in [2.75, 3.05) is 0 Å². The molecule has 0 amide bonds. The van der Waals surface area contributed by atoms with E-state index in [1.165, 1.54) is 24.8 Å². The summed E-state index contributed by atoms with van der Waals surface area (Å²) in [5.74, 6) is 0. The molecule has 0 aliphatic rings. The summed E-state index contributed by atoms with van der Waals surface area (Å²) < 4.78 is 1.15. The number of aryl methyl sites for hydroxylation is 1. The Hall–Kier alpha value is -0.340. The van der Waals surface area contributed by atoms with Gasteiger partial charge in [-0.3, -0.25) is 0 Å². The lowest BCUT2D eigenvalue weighted by molar-refractivity contribution is 0.597. The Balaban J connectivity index is 2.21. The molecule has 2 heteroatoms. The number of halogens is 1. The monoisotopic (exact) mass is 255 g/mol. The molecule has 0 saturated heterocycles. The normalized spacial score (nSPS) is 12.8. The summed E-state index contributed by atoms with van der Waals surface area (Å²) in [6.45, 7) is 2.07. The van der Waals surface area contributed by atoms with Gasteiger partial charge in [0.05, 0.1) is 0 Å². The fourth-order valence-electron chi connectivity index (χ4n) is 1.45. The highest BCUT2D eigenvalue weighted by atomic mass is 79.9. The quantitative estimate of drug-likeness (QED) is 0.801. The van der Waals surface area contributed by atoms with Crippen LogP contribution in [0.1, 0.15) is 31.7 Å². The molecule has 0 radical (unpaired) electrons. The Bertz CT molecular complexity index is 254. The molecule has 2 N–H and O–H groups in total. The van der Waals surface area contributed by atoms with Crippen molar-refractivity contribution in [2.24, 2.45) is 5.73 Å². The number of unbranched alkanes of at least 4 members (excludes halogenated alkanes) is 1. The summed E-state index contributed by atoms with van der Waals surface area (Å²) in [5, 5.41) is 0. The standard InChI is InChI=1S/C12H18BrN/c1-10(14)4-2-3-5-11-6-8-12(13)9-7-11/h6-10H,2-5,14H2,1H3/t10-/m0/s1. The molecule has 78 valence electrons. The van der Waals surface area contributed by atoms with Gasteiger partial charge in [-0.25, -0.2) is 0 Å². The van der Waals surface area contributed by atoms with Crippen LogP contribution in [-0.4, -0.2) is 6.04 Å². The minimum Gasteiger partial charge on any atom is -0.328 e. The fourth-order valence-corrected chi connectivity index (χ4v) is 1.71. The lowest BCUT2D eigenvalue weighted by atomic mass is 10.1. The van der Waals surface area contributed by atoms with Gasteiger partial charge < -0.3 is 5.73 Å². The second-order valence-corrected chi connectivity index (χ2v) is 4.77. The Kier molecular flexibility index (Phi) is 5.20. The van der Waals surface area contributed by atoms with Crippen LogP contribution in [0.5, 0.6) is 0 Å². The number of rotatable bonds is 5. The molecule has 0 aliphatic heterocycles. The van der Waals surface area contributed by atoms with Crippen molar-refractivity contribution in [1.29, 1.82) is 0 Å². The van der Waals surface area contributed by atoms with E-state index in [1.54, 1.807) is 0 Å². The summed E-state index contributed by atoms with van der Waals surface area (Å²) in [4.78, 5) is 0. The minimum atomic E-state index is 0.347. The number of hydrogen-bond acceptors (Lipinski definition) is 1. The fraction of sp³-hybridized carbons (Fsp3) is 0.500. The van der Waals surface area contributed by atoms with Crippen LogP contribution in [0.4, 0.5) is 0 Å². The molecule has 0 fully saturated rings. The molecule has 1 atom stereocenters. The minimum absolute atomic E-state index is 0.347. The first kappa shape index (κ1) is 11.7. The highest BCUT2D eigenvalue weighted by molar-refractivity contribution is 9.10. The van der Waals surface area contributed by atoms with E-state index in [1.807, 2.05) is 0 Å².